The Bertz CT molecular complexity index is 1010. The van der Waals surface area contributed by atoms with Gasteiger partial charge in [-0.2, -0.15) is 5.26 Å². The van der Waals surface area contributed by atoms with Gasteiger partial charge in [-0.3, -0.25) is 0 Å². The van der Waals surface area contributed by atoms with Crippen molar-refractivity contribution < 1.29 is 8.78 Å². The molecule has 3 aromatic rings. The first-order valence-corrected chi connectivity index (χ1v) is 8.13. The summed E-state index contributed by atoms with van der Waals surface area (Å²) in [5, 5.41) is 9.46. The summed E-state index contributed by atoms with van der Waals surface area (Å²) < 4.78 is 27.9. The minimum Gasteiger partial charge on any atom is -0.383 e. The molecule has 25 heavy (non-hydrogen) atoms. The second-order valence-corrected chi connectivity index (χ2v) is 6.38. The van der Waals surface area contributed by atoms with Crippen LogP contribution in [0.2, 0.25) is 0 Å². The van der Waals surface area contributed by atoms with Crippen LogP contribution in [0.5, 0.6) is 0 Å². The van der Waals surface area contributed by atoms with Crippen LogP contribution in [0, 0.1) is 29.9 Å². The van der Waals surface area contributed by atoms with Crippen molar-refractivity contribution in [3.05, 3.63) is 69.7 Å². The molecule has 0 aliphatic carbocycles. The van der Waals surface area contributed by atoms with Crippen molar-refractivity contribution in [2.45, 2.75) is 6.92 Å². The van der Waals surface area contributed by atoms with Crippen molar-refractivity contribution in [1.29, 1.82) is 5.26 Å². The number of halogens is 3. The molecule has 0 aliphatic rings. The van der Waals surface area contributed by atoms with Gasteiger partial charge in [-0.25, -0.2) is 13.8 Å². The van der Waals surface area contributed by atoms with E-state index in [4.69, 9.17) is 5.73 Å². The SMILES string of the molecule is Cc1c(-c2ccc(Br)cc2)nc(N)c(C#N)c1-c1ccc(F)c(F)c1. The molecule has 2 N–H and O–H groups in total. The second-order valence-electron chi connectivity index (χ2n) is 5.47. The smallest absolute Gasteiger partial charge is 0.159 e. The first-order valence-electron chi connectivity index (χ1n) is 7.34. The van der Waals surface area contributed by atoms with E-state index in [1.54, 1.807) is 6.92 Å². The van der Waals surface area contributed by atoms with Gasteiger partial charge >= 0.3 is 0 Å². The summed E-state index contributed by atoms with van der Waals surface area (Å²) in [6.45, 7) is 1.78. The number of rotatable bonds is 2. The first kappa shape index (κ1) is 17.1. The number of anilines is 1. The van der Waals surface area contributed by atoms with Crippen LogP contribution in [0.3, 0.4) is 0 Å². The molecular weight excluding hydrogens is 388 g/mol. The summed E-state index contributed by atoms with van der Waals surface area (Å²) in [6.07, 6.45) is 0. The van der Waals surface area contributed by atoms with E-state index in [-0.39, 0.29) is 11.4 Å². The molecule has 0 fully saturated rings. The van der Waals surface area contributed by atoms with Crippen LogP contribution in [-0.2, 0) is 0 Å². The van der Waals surface area contributed by atoms with Crippen LogP contribution in [0.25, 0.3) is 22.4 Å². The summed E-state index contributed by atoms with van der Waals surface area (Å²) in [7, 11) is 0. The highest BCUT2D eigenvalue weighted by Crippen LogP contribution is 2.36. The lowest BCUT2D eigenvalue weighted by Gasteiger charge is -2.15. The molecule has 0 spiro atoms. The fourth-order valence-electron chi connectivity index (χ4n) is 2.71. The van der Waals surface area contributed by atoms with Gasteiger partial charge in [-0.15, -0.1) is 0 Å². The molecule has 0 bridgehead atoms. The number of nitrogens with two attached hydrogens (primary N) is 1. The second kappa shape index (κ2) is 6.61. The summed E-state index contributed by atoms with van der Waals surface area (Å²) in [6, 6.07) is 13.0. The number of nitrogen functional groups attached to an aromatic ring is 1. The van der Waals surface area contributed by atoms with E-state index < -0.39 is 11.6 Å². The molecule has 0 saturated heterocycles. The predicted octanol–water partition coefficient (Wildman–Crippen LogP) is 5.22. The average Bonchev–Trinajstić information content (AvgIpc) is 2.59. The van der Waals surface area contributed by atoms with Gasteiger partial charge in [-0.1, -0.05) is 34.1 Å². The largest absolute Gasteiger partial charge is 0.383 e. The van der Waals surface area contributed by atoms with E-state index in [0.717, 1.165) is 22.2 Å². The fraction of sp³-hybridized carbons (Fsp3) is 0.0526. The van der Waals surface area contributed by atoms with Crippen molar-refractivity contribution >= 4 is 21.7 Å². The molecular formula is C19H12BrF2N3. The third-order valence-corrected chi connectivity index (χ3v) is 4.44. The van der Waals surface area contributed by atoms with Crippen molar-refractivity contribution in [2.75, 3.05) is 5.73 Å². The molecule has 1 heterocycles. The number of hydrogen-bond donors (Lipinski definition) is 1. The average molecular weight is 400 g/mol. The van der Waals surface area contributed by atoms with Gasteiger partial charge in [0.2, 0.25) is 0 Å². The van der Waals surface area contributed by atoms with Gasteiger partial charge in [0.25, 0.3) is 0 Å². The molecule has 6 heteroatoms. The lowest BCUT2D eigenvalue weighted by Crippen LogP contribution is -2.03. The number of nitriles is 1. The molecule has 1 aromatic heterocycles. The van der Waals surface area contributed by atoms with Crippen LogP contribution >= 0.6 is 15.9 Å². The van der Waals surface area contributed by atoms with Gasteiger partial charge in [0.05, 0.1) is 5.69 Å². The summed E-state index contributed by atoms with van der Waals surface area (Å²) in [5.41, 5.74) is 8.99. The van der Waals surface area contributed by atoms with E-state index in [9.17, 15) is 14.0 Å². The maximum absolute atomic E-state index is 13.7. The highest BCUT2D eigenvalue weighted by Gasteiger charge is 2.19. The molecule has 0 aliphatic heterocycles. The third-order valence-electron chi connectivity index (χ3n) is 3.91. The highest BCUT2D eigenvalue weighted by molar-refractivity contribution is 9.10. The number of nitrogens with zero attached hydrogens (tertiary/aromatic N) is 2. The molecule has 2 aromatic carbocycles. The normalized spacial score (nSPS) is 10.5. The Morgan fingerprint density at radius 3 is 2.28 bits per heavy atom. The van der Waals surface area contributed by atoms with Crippen LogP contribution in [0.4, 0.5) is 14.6 Å². The summed E-state index contributed by atoms with van der Waals surface area (Å²) in [5.74, 6) is -1.89. The van der Waals surface area contributed by atoms with Crippen LogP contribution < -0.4 is 5.73 Å². The van der Waals surface area contributed by atoms with E-state index >= 15 is 0 Å². The molecule has 124 valence electrons. The number of benzene rings is 2. The van der Waals surface area contributed by atoms with Crippen molar-refractivity contribution in [3.8, 4) is 28.5 Å². The Kier molecular flexibility index (Phi) is 4.51. The number of pyridine rings is 1. The van der Waals surface area contributed by atoms with Crippen LogP contribution in [-0.4, -0.2) is 4.98 Å². The lowest BCUT2D eigenvalue weighted by molar-refractivity contribution is 0.509. The van der Waals surface area contributed by atoms with Gasteiger partial charge in [-0.05, 0) is 42.3 Å². The van der Waals surface area contributed by atoms with Crippen molar-refractivity contribution in [3.63, 3.8) is 0 Å². The Labute approximate surface area is 151 Å². The Hall–Kier alpha value is -2.78. The molecule has 0 unspecified atom stereocenters. The van der Waals surface area contributed by atoms with E-state index in [1.807, 2.05) is 30.3 Å². The highest BCUT2D eigenvalue weighted by atomic mass is 79.9. The lowest BCUT2D eigenvalue weighted by atomic mass is 9.93. The number of hydrogen-bond acceptors (Lipinski definition) is 3. The number of aromatic nitrogens is 1. The van der Waals surface area contributed by atoms with Crippen LogP contribution in [0.1, 0.15) is 11.1 Å². The minimum atomic E-state index is -0.985. The zero-order chi connectivity index (χ0) is 18.1. The first-order chi connectivity index (χ1) is 11.9. The standard InChI is InChI=1S/C19H12BrF2N3/c1-10-17(12-4-7-15(21)16(22)8-12)14(9-23)19(24)25-18(10)11-2-5-13(20)6-3-11/h2-8H,1H3,(H2,24,25). The maximum atomic E-state index is 13.7. The topological polar surface area (TPSA) is 62.7 Å². The van der Waals surface area contributed by atoms with E-state index in [2.05, 4.69) is 20.9 Å². The summed E-state index contributed by atoms with van der Waals surface area (Å²) >= 11 is 3.37. The van der Waals surface area contributed by atoms with Crippen LogP contribution in [0.15, 0.2) is 46.9 Å². The third kappa shape index (κ3) is 3.11. The Morgan fingerprint density at radius 2 is 1.68 bits per heavy atom. The van der Waals surface area contributed by atoms with Gasteiger partial charge in [0.15, 0.2) is 11.6 Å². The van der Waals surface area contributed by atoms with Crippen molar-refractivity contribution in [2.24, 2.45) is 0 Å². The molecule has 0 saturated carbocycles. The quantitative estimate of drug-likeness (QED) is 0.642. The fourth-order valence-corrected chi connectivity index (χ4v) is 2.97. The molecule has 3 rings (SSSR count). The molecule has 0 atom stereocenters. The van der Waals surface area contributed by atoms with Gasteiger partial charge < -0.3 is 5.73 Å². The van der Waals surface area contributed by atoms with E-state index in [0.29, 0.717) is 22.4 Å². The monoisotopic (exact) mass is 399 g/mol. The molecule has 3 nitrogen and oxygen atoms in total. The summed E-state index contributed by atoms with van der Waals surface area (Å²) in [4.78, 5) is 4.34. The van der Waals surface area contributed by atoms with Gasteiger partial charge in [0.1, 0.15) is 17.5 Å². The van der Waals surface area contributed by atoms with Crippen molar-refractivity contribution in [1.82, 2.24) is 4.98 Å². The maximum Gasteiger partial charge on any atom is 0.159 e. The predicted molar refractivity (Wildman–Crippen MR) is 96.6 cm³/mol. The molecule has 0 amide bonds. The zero-order valence-electron chi connectivity index (χ0n) is 13.1. The Morgan fingerprint density at radius 1 is 1.04 bits per heavy atom. The Balaban J connectivity index is 2.31. The molecule has 0 radical (unpaired) electrons. The zero-order valence-corrected chi connectivity index (χ0v) is 14.7. The van der Waals surface area contributed by atoms with E-state index in [1.165, 1.54) is 6.07 Å². The van der Waals surface area contributed by atoms with Gasteiger partial charge in [0, 0.05) is 15.6 Å². The minimum absolute atomic E-state index is 0.0470.